The Morgan fingerprint density at radius 2 is 1.91 bits per heavy atom. The van der Waals surface area contributed by atoms with Crippen LogP contribution in [0.15, 0.2) is 28.0 Å². The molecule has 3 N–H and O–H groups in total. The van der Waals surface area contributed by atoms with Crippen molar-refractivity contribution in [1.82, 2.24) is 19.5 Å². The standard InChI is InChI=1S/C23H35N7O3/c1-3-5-7-15-29(18-19(24)30(14-6-4-2)23(33)27-20(18)31)21(32)17-10-8-13-28(16-17)22-25-11-9-12-26-22/h9,11-12,17H,3-8,10,13-16,24H2,1-2H3,(H,27,31,33). The molecule has 1 atom stereocenters. The van der Waals surface area contributed by atoms with Gasteiger partial charge in [-0.25, -0.2) is 14.8 Å². The predicted octanol–water partition coefficient (Wildman–Crippen LogP) is 2.15. The Balaban J connectivity index is 1.93. The van der Waals surface area contributed by atoms with Crippen molar-refractivity contribution in [3.63, 3.8) is 0 Å². The molecule has 3 heterocycles. The maximum Gasteiger partial charge on any atom is 0.330 e. The summed E-state index contributed by atoms with van der Waals surface area (Å²) in [7, 11) is 0. The van der Waals surface area contributed by atoms with E-state index in [9.17, 15) is 14.4 Å². The Morgan fingerprint density at radius 1 is 1.18 bits per heavy atom. The molecule has 2 aromatic heterocycles. The fraction of sp³-hybridized carbons (Fsp3) is 0.609. The van der Waals surface area contributed by atoms with E-state index in [4.69, 9.17) is 5.73 Å². The predicted molar refractivity (Wildman–Crippen MR) is 129 cm³/mol. The van der Waals surface area contributed by atoms with Gasteiger partial charge in [-0.1, -0.05) is 33.1 Å². The van der Waals surface area contributed by atoms with Gasteiger partial charge in [0.1, 0.15) is 5.82 Å². The smallest absolute Gasteiger partial charge is 0.330 e. The molecule has 1 saturated heterocycles. The van der Waals surface area contributed by atoms with Gasteiger partial charge in [0.2, 0.25) is 11.9 Å². The first-order valence-electron chi connectivity index (χ1n) is 11.9. The number of amides is 1. The van der Waals surface area contributed by atoms with Gasteiger partial charge >= 0.3 is 5.69 Å². The Morgan fingerprint density at radius 3 is 2.61 bits per heavy atom. The van der Waals surface area contributed by atoms with Gasteiger partial charge in [0.05, 0.1) is 5.92 Å². The molecule has 1 aliphatic heterocycles. The van der Waals surface area contributed by atoms with Crippen LogP contribution in [-0.4, -0.2) is 45.1 Å². The number of nitrogens with two attached hydrogens (primary N) is 1. The average Bonchev–Trinajstić information content (AvgIpc) is 2.83. The number of carbonyl (C=O) groups excluding carboxylic acids is 1. The average molecular weight is 458 g/mol. The number of nitrogen functional groups attached to an aromatic ring is 1. The Hall–Kier alpha value is -3.17. The van der Waals surface area contributed by atoms with Crippen LogP contribution in [0.5, 0.6) is 0 Å². The first-order chi connectivity index (χ1) is 16.0. The highest BCUT2D eigenvalue weighted by Crippen LogP contribution is 2.26. The van der Waals surface area contributed by atoms with Gasteiger partial charge in [0.25, 0.3) is 5.56 Å². The molecule has 0 bridgehead atoms. The fourth-order valence-electron chi connectivity index (χ4n) is 4.26. The molecular weight excluding hydrogens is 422 g/mol. The summed E-state index contributed by atoms with van der Waals surface area (Å²) in [5, 5.41) is 0. The molecule has 3 rings (SSSR count). The third kappa shape index (κ3) is 5.80. The molecule has 0 saturated carbocycles. The number of nitrogens with zero attached hydrogens (tertiary/aromatic N) is 5. The molecule has 0 aliphatic carbocycles. The van der Waals surface area contributed by atoms with Crippen LogP contribution in [0, 0.1) is 5.92 Å². The van der Waals surface area contributed by atoms with Gasteiger partial charge in [-0.3, -0.25) is 19.1 Å². The molecule has 1 unspecified atom stereocenters. The molecule has 0 aromatic carbocycles. The second-order valence-corrected chi connectivity index (χ2v) is 8.53. The second kappa shape index (κ2) is 11.6. The largest absolute Gasteiger partial charge is 0.383 e. The van der Waals surface area contributed by atoms with E-state index >= 15 is 0 Å². The highest BCUT2D eigenvalue weighted by Gasteiger charge is 2.33. The van der Waals surface area contributed by atoms with Gasteiger partial charge < -0.3 is 15.5 Å². The van der Waals surface area contributed by atoms with Crippen molar-refractivity contribution < 1.29 is 4.79 Å². The summed E-state index contributed by atoms with van der Waals surface area (Å²) in [6.07, 6.45) is 9.16. The number of unbranched alkanes of at least 4 members (excludes halogenated alkanes) is 3. The van der Waals surface area contributed by atoms with E-state index in [2.05, 4.69) is 21.9 Å². The highest BCUT2D eigenvalue weighted by atomic mass is 16.2. The summed E-state index contributed by atoms with van der Waals surface area (Å²) >= 11 is 0. The van der Waals surface area contributed by atoms with E-state index in [-0.39, 0.29) is 23.3 Å². The summed E-state index contributed by atoms with van der Waals surface area (Å²) in [5.74, 6) is 0.183. The van der Waals surface area contributed by atoms with Crippen LogP contribution in [0.1, 0.15) is 58.8 Å². The van der Waals surface area contributed by atoms with E-state index < -0.39 is 11.2 Å². The zero-order chi connectivity index (χ0) is 23.8. The Kier molecular flexibility index (Phi) is 8.62. The van der Waals surface area contributed by atoms with Crippen LogP contribution in [0.4, 0.5) is 17.5 Å². The molecule has 33 heavy (non-hydrogen) atoms. The maximum atomic E-state index is 13.7. The van der Waals surface area contributed by atoms with Crippen molar-refractivity contribution in [1.29, 1.82) is 0 Å². The van der Waals surface area contributed by atoms with Crippen molar-refractivity contribution in [2.24, 2.45) is 5.92 Å². The molecule has 10 nitrogen and oxygen atoms in total. The Bertz CT molecular complexity index is 1030. The van der Waals surface area contributed by atoms with Crippen molar-refractivity contribution in [2.75, 3.05) is 35.2 Å². The van der Waals surface area contributed by atoms with Gasteiger partial charge in [-0.2, -0.15) is 0 Å². The topological polar surface area (TPSA) is 130 Å². The van der Waals surface area contributed by atoms with Gasteiger partial charge in [0, 0.05) is 38.6 Å². The number of rotatable bonds is 10. The van der Waals surface area contributed by atoms with Gasteiger partial charge in [0.15, 0.2) is 5.69 Å². The van der Waals surface area contributed by atoms with Crippen LogP contribution in [-0.2, 0) is 11.3 Å². The van der Waals surface area contributed by atoms with Crippen LogP contribution >= 0.6 is 0 Å². The van der Waals surface area contributed by atoms with Gasteiger partial charge in [-0.05, 0) is 31.7 Å². The molecular formula is C23H35N7O3. The SMILES string of the molecule is CCCCCN(C(=O)C1CCCN(c2ncccn2)C1)c1c(N)n(CCCC)c(=O)[nH]c1=O. The summed E-state index contributed by atoms with van der Waals surface area (Å²) < 4.78 is 1.37. The van der Waals surface area contributed by atoms with Crippen molar-refractivity contribution >= 4 is 23.4 Å². The first kappa shape index (κ1) is 24.5. The molecule has 10 heteroatoms. The number of hydrogen-bond donors (Lipinski definition) is 2. The van der Waals surface area contributed by atoms with E-state index in [0.29, 0.717) is 32.0 Å². The minimum absolute atomic E-state index is 0.0566. The highest BCUT2D eigenvalue weighted by molar-refractivity contribution is 5.97. The molecule has 180 valence electrons. The molecule has 0 radical (unpaired) electrons. The summed E-state index contributed by atoms with van der Waals surface area (Å²) in [6, 6.07) is 1.76. The van der Waals surface area contributed by atoms with Crippen molar-refractivity contribution in [3.8, 4) is 0 Å². The van der Waals surface area contributed by atoms with Crippen LogP contribution in [0.3, 0.4) is 0 Å². The summed E-state index contributed by atoms with van der Waals surface area (Å²) in [6.45, 7) is 6.11. The summed E-state index contributed by atoms with van der Waals surface area (Å²) in [5.41, 5.74) is 5.26. The number of aromatic amines is 1. The zero-order valence-corrected chi connectivity index (χ0v) is 19.6. The molecule has 1 amide bonds. The minimum atomic E-state index is -0.617. The molecule has 1 fully saturated rings. The minimum Gasteiger partial charge on any atom is -0.383 e. The second-order valence-electron chi connectivity index (χ2n) is 8.53. The lowest BCUT2D eigenvalue weighted by molar-refractivity contribution is -0.122. The third-order valence-electron chi connectivity index (χ3n) is 6.08. The third-order valence-corrected chi connectivity index (χ3v) is 6.08. The lowest BCUT2D eigenvalue weighted by Gasteiger charge is -2.35. The van der Waals surface area contributed by atoms with Crippen LogP contribution in [0.2, 0.25) is 0 Å². The molecule has 2 aromatic rings. The monoisotopic (exact) mass is 457 g/mol. The number of carbonyl (C=O) groups is 1. The Labute approximate surface area is 193 Å². The number of aromatic nitrogens is 4. The lowest BCUT2D eigenvalue weighted by atomic mass is 9.96. The van der Waals surface area contributed by atoms with Crippen LogP contribution in [0.25, 0.3) is 0 Å². The molecule has 1 aliphatic rings. The van der Waals surface area contributed by atoms with E-state index in [1.165, 1.54) is 9.47 Å². The normalized spacial score (nSPS) is 16.1. The number of hydrogen-bond acceptors (Lipinski definition) is 7. The van der Waals surface area contributed by atoms with E-state index in [1.54, 1.807) is 18.5 Å². The van der Waals surface area contributed by atoms with Crippen molar-refractivity contribution in [3.05, 3.63) is 39.3 Å². The maximum absolute atomic E-state index is 13.7. The fourth-order valence-corrected chi connectivity index (χ4v) is 4.26. The van der Waals surface area contributed by atoms with Crippen LogP contribution < -0.4 is 26.8 Å². The molecule has 0 spiro atoms. The van der Waals surface area contributed by atoms with Gasteiger partial charge in [-0.15, -0.1) is 0 Å². The number of H-pyrrole nitrogens is 1. The number of nitrogens with one attached hydrogen (secondary N) is 1. The summed E-state index contributed by atoms with van der Waals surface area (Å²) in [4.78, 5) is 53.5. The number of anilines is 3. The van der Waals surface area contributed by atoms with E-state index in [1.807, 2.05) is 11.8 Å². The number of piperidine rings is 1. The van der Waals surface area contributed by atoms with Crippen molar-refractivity contribution in [2.45, 2.75) is 65.3 Å². The van der Waals surface area contributed by atoms with E-state index in [0.717, 1.165) is 45.1 Å². The quantitative estimate of drug-likeness (QED) is 0.523. The lowest BCUT2D eigenvalue weighted by Crippen LogP contribution is -2.48. The first-order valence-corrected chi connectivity index (χ1v) is 11.9. The zero-order valence-electron chi connectivity index (χ0n) is 19.6.